The predicted molar refractivity (Wildman–Crippen MR) is 57.2 cm³/mol. The number of cyclic esters (lactones) is 1. The number of phenolic OH excluding ortho intramolecular Hbond substituents is 1. The first kappa shape index (κ1) is 12.6. The number of aromatic hydroxyl groups is 1. The average Bonchev–Trinajstić information content (AvgIpc) is 2.22. The number of phenols is 1. The van der Waals surface area contributed by atoms with Gasteiger partial charge in [0.25, 0.3) is 0 Å². The number of hydrogen-bond donors (Lipinski definition) is 2. The highest BCUT2D eigenvalue weighted by atomic mass is 35.5. The minimum absolute atomic E-state index is 0. The van der Waals surface area contributed by atoms with Gasteiger partial charge >= 0.3 is 6.09 Å². The number of rotatable bonds is 1. The van der Waals surface area contributed by atoms with E-state index in [1.54, 1.807) is 6.07 Å². The van der Waals surface area contributed by atoms with E-state index in [-0.39, 0.29) is 18.4 Å². The number of hydrogen-bond acceptors (Lipinski definition) is 3. The van der Waals surface area contributed by atoms with Crippen LogP contribution in [0.1, 0.15) is 18.0 Å². The molecular formula is C10H11ClFNO3. The van der Waals surface area contributed by atoms with Crippen molar-refractivity contribution >= 4 is 18.5 Å². The number of benzene rings is 1. The zero-order valence-corrected chi connectivity index (χ0v) is 9.09. The second kappa shape index (κ2) is 5.03. The minimum atomic E-state index is -0.687. The van der Waals surface area contributed by atoms with Gasteiger partial charge in [-0.2, -0.15) is 0 Å². The van der Waals surface area contributed by atoms with Gasteiger partial charge in [0, 0.05) is 6.42 Å². The number of carbonyl (C=O) groups is 1. The van der Waals surface area contributed by atoms with Gasteiger partial charge in [0.15, 0.2) is 11.6 Å². The van der Waals surface area contributed by atoms with Gasteiger partial charge in [0.2, 0.25) is 0 Å². The maximum Gasteiger partial charge on any atom is 0.407 e. The summed E-state index contributed by atoms with van der Waals surface area (Å²) in [6.45, 7) is 0.318. The molecule has 0 spiro atoms. The maximum atomic E-state index is 13.0. The first-order valence-corrected chi connectivity index (χ1v) is 4.58. The molecule has 0 aromatic heterocycles. The number of halogens is 2. The van der Waals surface area contributed by atoms with E-state index in [0.717, 1.165) is 0 Å². The molecule has 1 heterocycles. The molecule has 1 aromatic carbocycles. The minimum Gasteiger partial charge on any atom is -0.505 e. The highest BCUT2D eigenvalue weighted by molar-refractivity contribution is 5.85. The van der Waals surface area contributed by atoms with Gasteiger partial charge in [-0.15, -0.1) is 12.4 Å². The summed E-state index contributed by atoms with van der Waals surface area (Å²) in [7, 11) is 0. The van der Waals surface area contributed by atoms with Gasteiger partial charge in [-0.25, -0.2) is 9.18 Å². The van der Waals surface area contributed by atoms with E-state index >= 15 is 0 Å². The monoisotopic (exact) mass is 247 g/mol. The normalized spacial score (nSPS) is 19.3. The molecule has 4 nitrogen and oxygen atoms in total. The third kappa shape index (κ3) is 2.55. The molecule has 1 amide bonds. The van der Waals surface area contributed by atoms with Crippen molar-refractivity contribution in [1.82, 2.24) is 5.32 Å². The number of nitrogens with one attached hydrogen (secondary N) is 1. The van der Waals surface area contributed by atoms with Gasteiger partial charge in [0.1, 0.15) is 0 Å². The standard InChI is InChI=1S/C10H10FNO3.ClH/c11-7-5-6(1-2-9(7)13)8-3-4-15-10(14)12-8;/h1-2,5,8,13H,3-4H2,(H,12,14);1H/t8-;/m0./s1. The SMILES string of the molecule is Cl.O=C1N[C@H](c2ccc(O)c(F)c2)CCO1. The Morgan fingerprint density at radius 2 is 2.25 bits per heavy atom. The van der Waals surface area contributed by atoms with Crippen molar-refractivity contribution in [1.29, 1.82) is 0 Å². The van der Waals surface area contributed by atoms with Gasteiger partial charge in [0.05, 0.1) is 12.6 Å². The molecule has 1 aromatic rings. The van der Waals surface area contributed by atoms with Crippen LogP contribution >= 0.6 is 12.4 Å². The molecule has 1 saturated heterocycles. The van der Waals surface area contributed by atoms with Crippen molar-refractivity contribution in [2.24, 2.45) is 0 Å². The highest BCUT2D eigenvalue weighted by Crippen LogP contribution is 2.24. The fourth-order valence-electron chi connectivity index (χ4n) is 1.52. The van der Waals surface area contributed by atoms with Crippen LogP contribution < -0.4 is 5.32 Å². The Labute approximate surface area is 97.8 Å². The molecule has 0 saturated carbocycles. The lowest BCUT2D eigenvalue weighted by molar-refractivity contribution is 0.115. The molecule has 2 rings (SSSR count). The summed E-state index contributed by atoms with van der Waals surface area (Å²) in [4.78, 5) is 10.9. The fraction of sp³-hybridized carbons (Fsp3) is 0.300. The number of carbonyl (C=O) groups excluding carboxylic acids is 1. The Morgan fingerprint density at radius 1 is 1.50 bits per heavy atom. The van der Waals surface area contributed by atoms with Gasteiger partial charge < -0.3 is 15.2 Å². The molecule has 6 heteroatoms. The van der Waals surface area contributed by atoms with Crippen molar-refractivity contribution in [2.75, 3.05) is 6.61 Å². The van der Waals surface area contributed by atoms with E-state index < -0.39 is 17.7 Å². The lowest BCUT2D eigenvalue weighted by Crippen LogP contribution is -2.35. The third-order valence-electron chi connectivity index (χ3n) is 2.31. The summed E-state index contributed by atoms with van der Waals surface area (Å²) in [5.74, 6) is -1.08. The van der Waals surface area contributed by atoms with E-state index in [0.29, 0.717) is 18.6 Å². The largest absolute Gasteiger partial charge is 0.505 e. The summed E-state index contributed by atoms with van der Waals surface area (Å²) in [6, 6.07) is 3.81. The van der Waals surface area contributed by atoms with E-state index in [9.17, 15) is 9.18 Å². The van der Waals surface area contributed by atoms with Crippen LogP contribution in [0, 0.1) is 5.82 Å². The zero-order valence-electron chi connectivity index (χ0n) is 8.27. The zero-order chi connectivity index (χ0) is 10.8. The molecule has 0 unspecified atom stereocenters. The maximum absolute atomic E-state index is 13.0. The Balaban J connectivity index is 0.00000128. The van der Waals surface area contributed by atoms with Gasteiger partial charge in [-0.3, -0.25) is 0 Å². The van der Waals surface area contributed by atoms with Crippen LogP contribution in [0.4, 0.5) is 9.18 Å². The lowest BCUT2D eigenvalue weighted by atomic mass is 10.0. The van der Waals surface area contributed by atoms with E-state index in [1.165, 1.54) is 12.1 Å². The van der Waals surface area contributed by atoms with Crippen molar-refractivity contribution in [3.8, 4) is 5.75 Å². The van der Waals surface area contributed by atoms with Crippen molar-refractivity contribution in [2.45, 2.75) is 12.5 Å². The van der Waals surface area contributed by atoms with Crippen LogP contribution in [0.25, 0.3) is 0 Å². The first-order chi connectivity index (χ1) is 7.16. The first-order valence-electron chi connectivity index (χ1n) is 4.58. The molecule has 0 radical (unpaired) electrons. The van der Waals surface area contributed by atoms with Crippen LogP contribution in [-0.4, -0.2) is 17.8 Å². The molecular weight excluding hydrogens is 237 g/mol. The summed E-state index contributed by atoms with van der Waals surface area (Å²) in [5.41, 5.74) is 0.627. The molecule has 16 heavy (non-hydrogen) atoms. The summed E-state index contributed by atoms with van der Waals surface area (Å²) in [5, 5.41) is 11.6. The van der Waals surface area contributed by atoms with Crippen LogP contribution in [0.2, 0.25) is 0 Å². The topological polar surface area (TPSA) is 58.6 Å². The molecule has 2 N–H and O–H groups in total. The Kier molecular flexibility index (Phi) is 3.95. The van der Waals surface area contributed by atoms with E-state index in [4.69, 9.17) is 9.84 Å². The van der Waals surface area contributed by atoms with Crippen molar-refractivity contribution < 1.29 is 19.0 Å². The summed E-state index contributed by atoms with van der Waals surface area (Å²) >= 11 is 0. The lowest BCUT2D eigenvalue weighted by Gasteiger charge is -2.23. The molecule has 1 atom stereocenters. The van der Waals surface area contributed by atoms with E-state index in [1.807, 2.05) is 0 Å². The molecule has 1 aliphatic heterocycles. The smallest absolute Gasteiger partial charge is 0.407 e. The highest BCUT2D eigenvalue weighted by Gasteiger charge is 2.21. The fourth-order valence-corrected chi connectivity index (χ4v) is 1.52. The second-order valence-corrected chi connectivity index (χ2v) is 3.33. The quantitative estimate of drug-likeness (QED) is 0.799. The van der Waals surface area contributed by atoms with Gasteiger partial charge in [-0.05, 0) is 17.7 Å². The molecule has 1 aliphatic rings. The van der Waals surface area contributed by atoms with E-state index in [2.05, 4.69) is 5.32 Å². The average molecular weight is 248 g/mol. The Hall–Kier alpha value is -1.49. The predicted octanol–water partition coefficient (Wildman–Crippen LogP) is 2.12. The number of ether oxygens (including phenoxy) is 1. The molecule has 1 fully saturated rings. The second-order valence-electron chi connectivity index (χ2n) is 3.33. The van der Waals surface area contributed by atoms with Crippen molar-refractivity contribution in [3.63, 3.8) is 0 Å². The summed E-state index contributed by atoms with van der Waals surface area (Å²) < 4.78 is 17.7. The Morgan fingerprint density at radius 3 is 2.88 bits per heavy atom. The number of amides is 1. The molecule has 0 aliphatic carbocycles. The van der Waals surface area contributed by atoms with Crippen LogP contribution in [0.15, 0.2) is 18.2 Å². The molecule has 88 valence electrons. The number of alkyl carbamates (subject to hydrolysis) is 1. The van der Waals surface area contributed by atoms with Crippen LogP contribution in [-0.2, 0) is 4.74 Å². The molecule has 0 bridgehead atoms. The Bertz CT molecular complexity index is 400. The van der Waals surface area contributed by atoms with Gasteiger partial charge in [-0.1, -0.05) is 6.07 Å². The summed E-state index contributed by atoms with van der Waals surface area (Å²) in [6.07, 6.45) is 0.0930. The van der Waals surface area contributed by atoms with Crippen LogP contribution in [0.5, 0.6) is 5.75 Å². The third-order valence-corrected chi connectivity index (χ3v) is 2.31. The van der Waals surface area contributed by atoms with Crippen LogP contribution in [0.3, 0.4) is 0 Å². The van der Waals surface area contributed by atoms with Crippen molar-refractivity contribution in [3.05, 3.63) is 29.6 Å².